The summed E-state index contributed by atoms with van der Waals surface area (Å²) in [7, 11) is 0. The molecule has 0 spiro atoms. The molecule has 0 unspecified atom stereocenters. The summed E-state index contributed by atoms with van der Waals surface area (Å²) in [5.41, 5.74) is 3.46. The van der Waals surface area contributed by atoms with Crippen LogP contribution in [0.25, 0.3) is 0 Å². The molecule has 1 aromatic rings. The lowest BCUT2D eigenvalue weighted by Crippen LogP contribution is -2.19. The Kier molecular flexibility index (Phi) is 7.90. The van der Waals surface area contributed by atoms with Gasteiger partial charge in [-0.3, -0.25) is 10.2 Å². The maximum absolute atomic E-state index is 11.8. The highest BCUT2D eigenvalue weighted by Crippen LogP contribution is 2.30. The second-order valence-corrected chi connectivity index (χ2v) is 5.44. The first kappa shape index (κ1) is 18.4. The number of nitrogens with zero attached hydrogens (tertiary/aromatic N) is 1. The number of anilines is 1. The minimum absolute atomic E-state index is 0.0424. The van der Waals surface area contributed by atoms with Gasteiger partial charge in [0.15, 0.2) is 0 Å². The van der Waals surface area contributed by atoms with Crippen LogP contribution in [0.2, 0.25) is 5.02 Å². The van der Waals surface area contributed by atoms with Gasteiger partial charge in [-0.05, 0) is 47.8 Å². The van der Waals surface area contributed by atoms with Crippen molar-refractivity contribution in [2.75, 3.05) is 12.0 Å². The molecule has 120 valence electrons. The quantitative estimate of drug-likeness (QED) is 0.401. The van der Waals surface area contributed by atoms with Gasteiger partial charge in [0, 0.05) is 6.42 Å². The highest BCUT2D eigenvalue weighted by atomic mass is 79.9. The van der Waals surface area contributed by atoms with Crippen molar-refractivity contribution in [2.45, 2.75) is 26.2 Å². The smallest absolute Gasteiger partial charge is 0.354 e. The first-order chi connectivity index (χ1) is 10.5. The van der Waals surface area contributed by atoms with Gasteiger partial charge < -0.3 is 9.84 Å². The van der Waals surface area contributed by atoms with Crippen LogP contribution in [0.4, 0.5) is 5.69 Å². The zero-order valence-electron chi connectivity index (χ0n) is 11.9. The van der Waals surface area contributed by atoms with Crippen LogP contribution in [0.15, 0.2) is 27.8 Å². The highest BCUT2D eigenvalue weighted by molar-refractivity contribution is 9.10. The topological polar surface area (TPSA) is 88.0 Å². The van der Waals surface area contributed by atoms with Gasteiger partial charge in [0.25, 0.3) is 0 Å². The Bertz CT molecular complexity index is 578. The van der Waals surface area contributed by atoms with Crippen molar-refractivity contribution in [1.82, 2.24) is 0 Å². The average Bonchev–Trinajstić information content (AvgIpc) is 2.46. The van der Waals surface area contributed by atoms with Gasteiger partial charge in [0.1, 0.15) is 5.71 Å². The molecule has 0 fully saturated rings. The number of hydrogen-bond acceptors (Lipinski definition) is 5. The first-order valence-electron chi connectivity index (χ1n) is 6.61. The molecular weight excluding hydrogens is 376 g/mol. The zero-order chi connectivity index (χ0) is 16.5. The predicted molar refractivity (Wildman–Crippen MR) is 88.3 cm³/mol. The summed E-state index contributed by atoms with van der Waals surface area (Å²) >= 11 is 9.28. The number of halogens is 2. The summed E-state index contributed by atoms with van der Waals surface area (Å²) in [6, 6.07) is 5.18. The fraction of sp³-hybridized carbons (Fsp3) is 0.357. The Morgan fingerprint density at radius 2 is 2.14 bits per heavy atom. The van der Waals surface area contributed by atoms with E-state index in [1.165, 1.54) is 0 Å². The van der Waals surface area contributed by atoms with Crippen molar-refractivity contribution in [2.24, 2.45) is 5.10 Å². The van der Waals surface area contributed by atoms with Gasteiger partial charge in [0.05, 0.1) is 21.8 Å². The number of carbonyl (C=O) groups is 2. The number of rotatable bonds is 8. The van der Waals surface area contributed by atoms with E-state index in [1.54, 1.807) is 25.1 Å². The van der Waals surface area contributed by atoms with Crippen molar-refractivity contribution >= 4 is 50.9 Å². The van der Waals surface area contributed by atoms with Gasteiger partial charge >= 0.3 is 11.9 Å². The molecule has 22 heavy (non-hydrogen) atoms. The largest absolute Gasteiger partial charge is 0.481 e. The summed E-state index contributed by atoms with van der Waals surface area (Å²) < 4.78 is 5.53. The van der Waals surface area contributed by atoms with Crippen molar-refractivity contribution < 1.29 is 19.4 Å². The third kappa shape index (κ3) is 6.03. The summed E-state index contributed by atoms with van der Waals surface area (Å²) in [4.78, 5) is 22.4. The van der Waals surface area contributed by atoms with E-state index < -0.39 is 11.9 Å². The molecule has 0 heterocycles. The summed E-state index contributed by atoms with van der Waals surface area (Å²) in [5, 5.41) is 13.2. The number of carbonyl (C=O) groups excluding carboxylic acids is 1. The van der Waals surface area contributed by atoms with E-state index in [-0.39, 0.29) is 25.2 Å². The maximum atomic E-state index is 11.8. The molecule has 1 rings (SSSR count). The SMILES string of the molecule is CCOC(=O)C(CCCC(=O)O)=NNc1cccc(Cl)c1Br. The second kappa shape index (κ2) is 9.42. The third-order valence-electron chi connectivity index (χ3n) is 2.58. The lowest BCUT2D eigenvalue weighted by molar-refractivity contribution is -0.137. The molecule has 1 aromatic carbocycles. The Labute approximate surface area is 141 Å². The van der Waals surface area contributed by atoms with Crippen molar-refractivity contribution in [1.29, 1.82) is 0 Å². The van der Waals surface area contributed by atoms with E-state index >= 15 is 0 Å². The molecule has 0 amide bonds. The van der Waals surface area contributed by atoms with E-state index in [0.29, 0.717) is 21.6 Å². The molecule has 0 bridgehead atoms. The van der Waals surface area contributed by atoms with E-state index in [0.717, 1.165) is 0 Å². The molecule has 0 radical (unpaired) electrons. The van der Waals surface area contributed by atoms with Crippen LogP contribution >= 0.6 is 27.5 Å². The predicted octanol–water partition coefficient (Wildman–Crippen LogP) is 3.69. The molecule has 0 aliphatic rings. The monoisotopic (exact) mass is 390 g/mol. The summed E-state index contributed by atoms with van der Waals surface area (Å²) in [6.07, 6.45) is 0.459. The van der Waals surface area contributed by atoms with Crippen molar-refractivity contribution in [3.05, 3.63) is 27.7 Å². The molecule has 0 aromatic heterocycles. The van der Waals surface area contributed by atoms with Gasteiger partial charge in [-0.2, -0.15) is 5.10 Å². The fourth-order valence-electron chi connectivity index (χ4n) is 1.54. The van der Waals surface area contributed by atoms with Gasteiger partial charge in [-0.15, -0.1) is 0 Å². The highest BCUT2D eigenvalue weighted by Gasteiger charge is 2.14. The molecule has 2 N–H and O–H groups in total. The van der Waals surface area contributed by atoms with Gasteiger partial charge in [-0.1, -0.05) is 17.7 Å². The molecular formula is C14H16BrClN2O4. The number of esters is 1. The van der Waals surface area contributed by atoms with Crippen LogP contribution in [0.3, 0.4) is 0 Å². The van der Waals surface area contributed by atoms with Crippen LogP contribution in [0, 0.1) is 0 Å². The Morgan fingerprint density at radius 3 is 2.77 bits per heavy atom. The van der Waals surface area contributed by atoms with E-state index in [1.807, 2.05) is 0 Å². The average molecular weight is 392 g/mol. The molecule has 8 heteroatoms. The number of carboxylic acid groups (broad SMARTS) is 1. The number of hydrazone groups is 1. The fourth-order valence-corrected chi connectivity index (χ4v) is 2.07. The Hall–Kier alpha value is -1.60. The number of nitrogens with one attached hydrogen (secondary N) is 1. The van der Waals surface area contributed by atoms with Crippen LogP contribution in [0.1, 0.15) is 26.2 Å². The number of benzene rings is 1. The summed E-state index contributed by atoms with van der Waals surface area (Å²) in [5.74, 6) is -1.49. The molecule has 0 aliphatic heterocycles. The van der Waals surface area contributed by atoms with E-state index in [9.17, 15) is 9.59 Å². The minimum Gasteiger partial charge on any atom is -0.481 e. The normalized spacial score (nSPS) is 11.1. The first-order valence-corrected chi connectivity index (χ1v) is 7.78. The third-order valence-corrected chi connectivity index (χ3v) is 3.98. The van der Waals surface area contributed by atoms with E-state index in [2.05, 4.69) is 26.5 Å². The zero-order valence-corrected chi connectivity index (χ0v) is 14.3. The molecule has 0 aliphatic carbocycles. The lowest BCUT2D eigenvalue weighted by atomic mass is 10.1. The molecule has 0 saturated carbocycles. The maximum Gasteiger partial charge on any atom is 0.354 e. The molecule has 0 atom stereocenters. The molecule has 6 nitrogen and oxygen atoms in total. The van der Waals surface area contributed by atoms with Crippen LogP contribution < -0.4 is 5.43 Å². The molecule has 0 saturated heterocycles. The summed E-state index contributed by atoms with van der Waals surface area (Å²) in [6.45, 7) is 1.91. The Morgan fingerprint density at radius 1 is 1.41 bits per heavy atom. The lowest BCUT2D eigenvalue weighted by Gasteiger charge is -2.08. The van der Waals surface area contributed by atoms with Gasteiger partial charge in [-0.25, -0.2) is 4.79 Å². The minimum atomic E-state index is -0.922. The van der Waals surface area contributed by atoms with Gasteiger partial charge in [0.2, 0.25) is 0 Å². The number of carboxylic acids is 1. The van der Waals surface area contributed by atoms with Crippen LogP contribution in [-0.4, -0.2) is 29.4 Å². The Balaban J connectivity index is 2.82. The number of ether oxygens (including phenoxy) is 1. The number of hydrogen-bond donors (Lipinski definition) is 2. The number of aliphatic carboxylic acids is 1. The second-order valence-electron chi connectivity index (χ2n) is 4.24. The van der Waals surface area contributed by atoms with Crippen molar-refractivity contribution in [3.8, 4) is 0 Å². The standard InChI is InChI=1S/C14H16BrClN2O4/c1-2-22-14(21)11(7-4-8-12(19)20)18-17-10-6-3-5-9(16)13(10)15/h3,5-6,17H,2,4,7-8H2,1H3,(H,19,20). The van der Waals surface area contributed by atoms with Crippen LogP contribution in [-0.2, 0) is 14.3 Å². The van der Waals surface area contributed by atoms with E-state index in [4.69, 9.17) is 21.4 Å². The van der Waals surface area contributed by atoms with Crippen molar-refractivity contribution in [3.63, 3.8) is 0 Å². The van der Waals surface area contributed by atoms with Crippen LogP contribution in [0.5, 0.6) is 0 Å².